The average Bonchev–Trinajstić information content (AvgIpc) is 2.72. The second-order valence-electron chi connectivity index (χ2n) is 3.61. The SMILES string of the molecule is COc1ccc(-n2ncc(CCN)c2Cl)cc1. The number of rotatable bonds is 4. The molecule has 0 aliphatic rings. The highest BCUT2D eigenvalue weighted by Crippen LogP contribution is 2.22. The van der Waals surface area contributed by atoms with E-state index >= 15 is 0 Å². The molecular weight excluding hydrogens is 238 g/mol. The summed E-state index contributed by atoms with van der Waals surface area (Å²) >= 11 is 6.22. The van der Waals surface area contributed by atoms with E-state index in [0.29, 0.717) is 11.7 Å². The van der Waals surface area contributed by atoms with Gasteiger partial charge >= 0.3 is 0 Å². The third kappa shape index (κ3) is 2.43. The first-order chi connectivity index (χ1) is 8.26. The lowest BCUT2D eigenvalue weighted by Crippen LogP contribution is -2.03. The number of hydrogen-bond donors (Lipinski definition) is 1. The predicted molar refractivity (Wildman–Crippen MR) is 67.9 cm³/mol. The normalized spacial score (nSPS) is 10.5. The maximum atomic E-state index is 6.22. The molecule has 0 saturated carbocycles. The van der Waals surface area contributed by atoms with Crippen molar-refractivity contribution in [3.63, 3.8) is 0 Å². The Morgan fingerprint density at radius 2 is 2.06 bits per heavy atom. The molecule has 1 aromatic carbocycles. The minimum Gasteiger partial charge on any atom is -0.497 e. The van der Waals surface area contributed by atoms with E-state index in [9.17, 15) is 0 Å². The van der Waals surface area contributed by atoms with Gasteiger partial charge in [0.05, 0.1) is 19.0 Å². The number of ether oxygens (including phenoxy) is 1. The molecular formula is C12H14ClN3O. The summed E-state index contributed by atoms with van der Waals surface area (Å²) in [4.78, 5) is 0. The molecule has 5 heteroatoms. The van der Waals surface area contributed by atoms with Crippen LogP contribution in [0.3, 0.4) is 0 Å². The van der Waals surface area contributed by atoms with Crippen molar-refractivity contribution in [2.45, 2.75) is 6.42 Å². The molecule has 1 heterocycles. The van der Waals surface area contributed by atoms with Gasteiger partial charge in [-0.3, -0.25) is 0 Å². The van der Waals surface area contributed by atoms with E-state index in [1.807, 2.05) is 24.3 Å². The van der Waals surface area contributed by atoms with E-state index in [1.165, 1.54) is 0 Å². The summed E-state index contributed by atoms with van der Waals surface area (Å²) in [6.45, 7) is 0.564. The van der Waals surface area contributed by atoms with Crippen LogP contribution in [0, 0.1) is 0 Å². The Labute approximate surface area is 105 Å². The Balaban J connectivity index is 2.32. The number of nitrogens with zero attached hydrogens (tertiary/aromatic N) is 2. The van der Waals surface area contributed by atoms with Crippen molar-refractivity contribution in [2.75, 3.05) is 13.7 Å². The molecule has 1 aromatic heterocycles. The van der Waals surface area contributed by atoms with Crippen LogP contribution in [0.4, 0.5) is 0 Å². The summed E-state index contributed by atoms with van der Waals surface area (Å²) in [5.74, 6) is 0.805. The molecule has 0 amide bonds. The molecule has 0 unspecified atom stereocenters. The summed E-state index contributed by atoms with van der Waals surface area (Å²) in [6.07, 6.45) is 2.48. The van der Waals surface area contributed by atoms with Gasteiger partial charge in [0.25, 0.3) is 0 Å². The first kappa shape index (κ1) is 12.0. The minimum atomic E-state index is 0.564. The van der Waals surface area contributed by atoms with Crippen molar-refractivity contribution >= 4 is 11.6 Å². The van der Waals surface area contributed by atoms with Crippen LogP contribution in [0.15, 0.2) is 30.5 Å². The number of nitrogens with two attached hydrogens (primary N) is 1. The number of halogens is 1. The van der Waals surface area contributed by atoms with E-state index in [0.717, 1.165) is 23.4 Å². The van der Waals surface area contributed by atoms with Crippen LogP contribution >= 0.6 is 11.6 Å². The summed E-state index contributed by atoms with van der Waals surface area (Å²) in [5.41, 5.74) is 7.37. The predicted octanol–water partition coefficient (Wildman–Crippen LogP) is 2.04. The van der Waals surface area contributed by atoms with Gasteiger partial charge in [-0.1, -0.05) is 11.6 Å². The molecule has 0 saturated heterocycles. The van der Waals surface area contributed by atoms with E-state index in [2.05, 4.69) is 5.10 Å². The van der Waals surface area contributed by atoms with Gasteiger partial charge in [0, 0.05) is 5.56 Å². The van der Waals surface area contributed by atoms with E-state index in [1.54, 1.807) is 18.0 Å². The highest BCUT2D eigenvalue weighted by atomic mass is 35.5. The molecule has 0 spiro atoms. The van der Waals surface area contributed by atoms with Crippen LogP contribution in [0.25, 0.3) is 5.69 Å². The molecule has 2 rings (SSSR count). The fourth-order valence-electron chi connectivity index (χ4n) is 1.59. The lowest BCUT2D eigenvalue weighted by Gasteiger charge is -2.05. The van der Waals surface area contributed by atoms with E-state index in [4.69, 9.17) is 22.1 Å². The van der Waals surface area contributed by atoms with Gasteiger partial charge in [-0.25, -0.2) is 4.68 Å². The molecule has 0 radical (unpaired) electrons. The van der Waals surface area contributed by atoms with Gasteiger partial charge in [-0.15, -0.1) is 0 Å². The highest BCUT2D eigenvalue weighted by Gasteiger charge is 2.09. The van der Waals surface area contributed by atoms with Crippen molar-refractivity contribution in [3.8, 4) is 11.4 Å². The highest BCUT2D eigenvalue weighted by molar-refractivity contribution is 6.30. The van der Waals surface area contributed by atoms with Crippen molar-refractivity contribution < 1.29 is 4.74 Å². The Bertz CT molecular complexity index is 493. The van der Waals surface area contributed by atoms with Gasteiger partial charge < -0.3 is 10.5 Å². The number of hydrogen-bond acceptors (Lipinski definition) is 3. The standard InChI is InChI=1S/C12H14ClN3O/c1-17-11-4-2-10(3-5-11)16-12(13)9(6-7-14)8-15-16/h2-5,8H,6-7,14H2,1H3. The summed E-state index contributed by atoms with van der Waals surface area (Å²) in [5, 5.41) is 4.86. The largest absolute Gasteiger partial charge is 0.497 e. The van der Waals surface area contributed by atoms with Crippen LogP contribution in [-0.4, -0.2) is 23.4 Å². The topological polar surface area (TPSA) is 53.1 Å². The Kier molecular flexibility index (Phi) is 3.66. The molecule has 0 atom stereocenters. The molecule has 2 aromatic rings. The lowest BCUT2D eigenvalue weighted by atomic mass is 10.2. The number of benzene rings is 1. The third-order valence-electron chi connectivity index (χ3n) is 2.51. The van der Waals surface area contributed by atoms with E-state index < -0.39 is 0 Å². The monoisotopic (exact) mass is 251 g/mol. The van der Waals surface area contributed by atoms with Crippen LogP contribution < -0.4 is 10.5 Å². The first-order valence-corrected chi connectivity index (χ1v) is 5.71. The van der Waals surface area contributed by atoms with Gasteiger partial charge in [0.1, 0.15) is 10.9 Å². The summed E-state index contributed by atoms with van der Waals surface area (Å²) < 4.78 is 6.79. The minimum absolute atomic E-state index is 0.564. The second-order valence-corrected chi connectivity index (χ2v) is 3.97. The molecule has 0 aliphatic carbocycles. The van der Waals surface area contributed by atoms with Crippen LogP contribution in [0.1, 0.15) is 5.56 Å². The fourth-order valence-corrected chi connectivity index (χ4v) is 1.88. The zero-order valence-electron chi connectivity index (χ0n) is 9.56. The fraction of sp³-hybridized carbons (Fsp3) is 0.250. The molecule has 0 aliphatic heterocycles. The van der Waals surface area contributed by atoms with Crippen molar-refractivity contribution in [1.29, 1.82) is 0 Å². The first-order valence-electron chi connectivity index (χ1n) is 5.33. The van der Waals surface area contributed by atoms with Crippen LogP contribution in [0.2, 0.25) is 5.15 Å². The lowest BCUT2D eigenvalue weighted by molar-refractivity contribution is 0.414. The molecule has 4 nitrogen and oxygen atoms in total. The maximum absolute atomic E-state index is 6.22. The van der Waals surface area contributed by atoms with Crippen molar-refractivity contribution in [2.24, 2.45) is 5.73 Å². The summed E-state index contributed by atoms with van der Waals surface area (Å²) in [7, 11) is 1.63. The van der Waals surface area contributed by atoms with E-state index in [-0.39, 0.29) is 0 Å². The number of aromatic nitrogens is 2. The average molecular weight is 252 g/mol. The van der Waals surface area contributed by atoms with Gasteiger partial charge in [0.2, 0.25) is 0 Å². The van der Waals surface area contributed by atoms with Crippen LogP contribution in [0.5, 0.6) is 5.75 Å². The zero-order valence-corrected chi connectivity index (χ0v) is 10.3. The van der Waals surface area contributed by atoms with Gasteiger partial charge in [-0.05, 0) is 37.2 Å². The van der Waals surface area contributed by atoms with Crippen molar-refractivity contribution in [1.82, 2.24) is 9.78 Å². The molecule has 17 heavy (non-hydrogen) atoms. The molecule has 90 valence electrons. The van der Waals surface area contributed by atoms with Crippen molar-refractivity contribution in [3.05, 3.63) is 41.2 Å². The Morgan fingerprint density at radius 1 is 1.35 bits per heavy atom. The van der Waals surface area contributed by atoms with Gasteiger partial charge in [0.15, 0.2) is 0 Å². The summed E-state index contributed by atoms with van der Waals surface area (Å²) in [6, 6.07) is 7.56. The smallest absolute Gasteiger partial charge is 0.136 e. The van der Waals surface area contributed by atoms with Gasteiger partial charge in [-0.2, -0.15) is 5.10 Å². The molecule has 2 N–H and O–H groups in total. The molecule has 0 fully saturated rings. The number of methoxy groups -OCH3 is 1. The Morgan fingerprint density at radius 3 is 2.65 bits per heavy atom. The zero-order chi connectivity index (χ0) is 12.3. The Hall–Kier alpha value is -1.52. The quantitative estimate of drug-likeness (QED) is 0.905. The maximum Gasteiger partial charge on any atom is 0.136 e. The second kappa shape index (κ2) is 5.21. The third-order valence-corrected chi connectivity index (χ3v) is 2.91. The van der Waals surface area contributed by atoms with Crippen LogP contribution in [-0.2, 0) is 6.42 Å². The molecule has 0 bridgehead atoms.